The summed E-state index contributed by atoms with van der Waals surface area (Å²) in [6, 6.07) is 12.9. The van der Waals surface area contributed by atoms with Crippen molar-refractivity contribution in [2.75, 3.05) is 13.7 Å². The van der Waals surface area contributed by atoms with E-state index in [0.717, 1.165) is 15.6 Å². The Morgan fingerprint density at radius 2 is 2.00 bits per heavy atom. The molecule has 0 aromatic heterocycles. The summed E-state index contributed by atoms with van der Waals surface area (Å²) in [6.45, 7) is 0.300. The fourth-order valence-corrected chi connectivity index (χ4v) is 3.13. The molecule has 3 N–H and O–H groups in total. The van der Waals surface area contributed by atoms with Crippen molar-refractivity contribution in [3.8, 4) is 5.75 Å². The maximum Gasteiger partial charge on any atom is 0.133 e. The standard InChI is InChI=1S/C16H17BrClNO2/c1-21-15-7-6-10(8-13(15)17)16(20)12(9-19)11-4-2-3-5-14(11)18/h2-8,12,16,20H,9,19H2,1H3. The molecule has 2 atom stereocenters. The average molecular weight is 371 g/mol. The summed E-state index contributed by atoms with van der Waals surface area (Å²) in [5, 5.41) is 11.3. The minimum atomic E-state index is -0.739. The lowest BCUT2D eigenvalue weighted by Crippen LogP contribution is -2.20. The highest BCUT2D eigenvalue weighted by atomic mass is 79.9. The number of nitrogens with two attached hydrogens (primary N) is 1. The predicted octanol–water partition coefficient (Wildman–Crippen LogP) is 3.89. The van der Waals surface area contributed by atoms with Crippen LogP contribution in [0.5, 0.6) is 5.75 Å². The Bertz CT molecular complexity index is 621. The normalized spacial score (nSPS) is 13.8. The van der Waals surface area contributed by atoms with Gasteiger partial charge >= 0.3 is 0 Å². The van der Waals surface area contributed by atoms with Crippen molar-refractivity contribution in [1.29, 1.82) is 0 Å². The van der Waals surface area contributed by atoms with Crippen LogP contribution < -0.4 is 10.5 Å². The van der Waals surface area contributed by atoms with Crippen LogP contribution >= 0.6 is 27.5 Å². The first-order chi connectivity index (χ1) is 10.1. The molecule has 0 spiro atoms. The number of hydrogen-bond acceptors (Lipinski definition) is 3. The van der Waals surface area contributed by atoms with Crippen molar-refractivity contribution in [3.05, 3.63) is 63.1 Å². The number of hydrogen-bond donors (Lipinski definition) is 2. The molecule has 0 saturated carbocycles. The van der Waals surface area contributed by atoms with E-state index in [1.54, 1.807) is 13.2 Å². The van der Waals surface area contributed by atoms with Crippen LogP contribution in [-0.4, -0.2) is 18.8 Å². The monoisotopic (exact) mass is 369 g/mol. The van der Waals surface area contributed by atoms with Crippen LogP contribution in [0.2, 0.25) is 5.02 Å². The molecule has 3 nitrogen and oxygen atoms in total. The highest BCUT2D eigenvalue weighted by Gasteiger charge is 2.24. The molecule has 0 bridgehead atoms. The van der Waals surface area contributed by atoms with Gasteiger partial charge < -0.3 is 15.6 Å². The van der Waals surface area contributed by atoms with Gasteiger partial charge in [0, 0.05) is 17.5 Å². The van der Waals surface area contributed by atoms with E-state index in [1.807, 2.05) is 36.4 Å². The Labute approximate surface area is 137 Å². The number of halogens is 2. The lowest BCUT2D eigenvalue weighted by atomic mass is 9.89. The first-order valence-corrected chi connectivity index (χ1v) is 7.71. The second kappa shape index (κ2) is 7.27. The second-order valence-corrected chi connectivity index (χ2v) is 5.96. The van der Waals surface area contributed by atoms with E-state index in [0.29, 0.717) is 17.3 Å². The number of rotatable bonds is 5. The molecule has 0 saturated heterocycles. The predicted molar refractivity (Wildman–Crippen MR) is 88.9 cm³/mol. The Kier molecular flexibility index (Phi) is 5.65. The van der Waals surface area contributed by atoms with Crippen LogP contribution in [0.25, 0.3) is 0 Å². The molecular formula is C16H17BrClNO2. The highest BCUT2D eigenvalue weighted by molar-refractivity contribution is 9.10. The largest absolute Gasteiger partial charge is 0.496 e. The van der Waals surface area contributed by atoms with Gasteiger partial charge in [-0.2, -0.15) is 0 Å². The van der Waals surface area contributed by atoms with Crippen molar-refractivity contribution >= 4 is 27.5 Å². The molecule has 0 aliphatic rings. The summed E-state index contributed by atoms with van der Waals surface area (Å²) in [4.78, 5) is 0. The molecule has 2 unspecified atom stereocenters. The van der Waals surface area contributed by atoms with Crippen LogP contribution in [0, 0.1) is 0 Å². The van der Waals surface area contributed by atoms with E-state index in [1.165, 1.54) is 0 Å². The van der Waals surface area contributed by atoms with Crippen LogP contribution in [0.1, 0.15) is 23.1 Å². The summed E-state index contributed by atoms with van der Waals surface area (Å²) in [7, 11) is 1.60. The molecule has 112 valence electrons. The molecule has 0 amide bonds. The zero-order valence-electron chi connectivity index (χ0n) is 11.6. The number of benzene rings is 2. The minimum Gasteiger partial charge on any atom is -0.496 e. The summed E-state index contributed by atoms with van der Waals surface area (Å²) >= 11 is 9.64. The quantitative estimate of drug-likeness (QED) is 0.839. The second-order valence-electron chi connectivity index (χ2n) is 4.70. The third-order valence-corrected chi connectivity index (χ3v) is 4.42. The van der Waals surface area contributed by atoms with Crippen molar-refractivity contribution in [2.24, 2.45) is 5.73 Å². The fourth-order valence-electron chi connectivity index (χ4n) is 2.30. The van der Waals surface area contributed by atoms with E-state index in [9.17, 15) is 5.11 Å². The Hall–Kier alpha value is -1.07. The molecule has 21 heavy (non-hydrogen) atoms. The number of aliphatic hydroxyl groups is 1. The number of ether oxygens (including phenoxy) is 1. The fraction of sp³-hybridized carbons (Fsp3) is 0.250. The first-order valence-electron chi connectivity index (χ1n) is 6.54. The lowest BCUT2D eigenvalue weighted by Gasteiger charge is -2.23. The van der Waals surface area contributed by atoms with Crippen LogP contribution in [-0.2, 0) is 0 Å². The van der Waals surface area contributed by atoms with Crippen LogP contribution in [0.4, 0.5) is 0 Å². The Morgan fingerprint density at radius 1 is 1.29 bits per heavy atom. The Morgan fingerprint density at radius 3 is 2.57 bits per heavy atom. The smallest absolute Gasteiger partial charge is 0.133 e. The van der Waals surface area contributed by atoms with Crippen molar-refractivity contribution in [1.82, 2.24) is 0 Å². The molecule has 0 fully saturated rings. The first kappa shape index (κ1) is 16.3. The Balaban J connectivity index is 2.34. The molecular weight excluding hydrogens is 354 g/mol. The maximum atomic E-state index is 10.6. The number of aliphatic hydroxyl groups excluding tert-OH is 1. The minimum absolute atomic E-state index is 0.265. The van der Waals surface area contributed by atoms with Gasteiger partial charge in [0.2, 0.25) is 0 Å². The lowest BCUT2D eigenvalue weighted by molar-refractivity contribution is 0.147. The maximum absolute atomic E-state index is 10.6. The van der Waals surface area contributed by atoms with E-state index in [-0.39, 0.29) is 5.92 Å². The molecule has 5 heteroatoms. The third-order valence-electron chi connectivity index (χ3n) is 3.46. The van der Waals surface area contributed by atoms with Crippen LogP contribution in [0.3, 0.4) is 0 Å². The topological polar surface area (TPSA) is 55.5 Å². The molecule has 2 aromatic carbocycles. The zero-order valence-corrected chi connectivity index (χ0v) is 13.9. The zero-order chi connectivity index (χ0) is 15.4. The van der Waals surface area contributed by atoms with E-state index in [4.69, 9.17) is 22.1 Å². The van der Waals surface area contributed by atoms with E-state index >= 15 is 0 Å². The van der Waals surface area contributed by atoms with Crippen molar-refractivity contribution in [3.63, 3.8) is 0 Å². The molecule has 0 aliphatic carbocycles. The van der Waals surface area contributed by atoms with Crippen LogP contribution in [0.15, 0.2) is 46.9 Å². The molecule has 2 aromatic rings. The summed E-state index contributed by atoms with van der Waals surface area (Å²) in [6.07, 6.45) is -0.739. The van der Waals surface area contributed by atoms with Gasteiger partial charge in [-0.25, -0.2) is 0 Å². The summed E-state index contributed by atoms with van der Waals surface area (Å²) < 4.78 is 5.98. The van der Waals surface area contributed by atoms with Gasteiger partial charge in [0.05, 0.1) is 17.7 Å². The summed E-state index contributed by atoms with van der Waals surface area (Å²) in [5.74, 6) is 0.451. The van der Waals surface area contributed by atoms with Gasteiger partial charge in [-0.15, -0.1) is 0 Å². The van der Waals surface area contributed by atoms with E-state index < -0.39 is 6.10 Å². The van der Waals surface area contributed by atoms with Gasteiger partial charge in [-0.1, -0.05) is 35.9 Å². The van der Waals surface area contributed by atoms with Crippen molar-refractivity contribution < 1.29 is 9.84 Å². The molecule has 0 radical (unpaired) electrons. The third kappa shape index (κ3) is 3.58. The van der Waals surface area contributed by atoms with Gasteiger partial charge in [-0.05, 0) is 45.3 Å². The van der Waals surface area contributed by atoms with Gasteiger partial charge in [0.15, 0.2) is 0 Å². The summed E-state index contributed by atoms with van der Waals surface area (Å²) in [5.41, 5.74) is 7.46. The number of methoxy groups -OCH3 is 1. The molecule has 0 heterocycles. The SMILES string of the molecule is COc1ccc(C(O)C(CN)c2ccccc2Cl)cc1Br. The highest BCUT2D eigenvalue weighted by Crippen LogP contribution is 2.36. The van der Waals surface area contributed by atoms with Gasteiger partial charge in [0.1, 0.15) is 5.75 Å². The van der Waals surface area contributed by atoms with E-state index in [2.05, 4.69) is 15.9 Å². The van der Waals surface area contributed by atoms with Crippen molar-refractivity contribution in [2.45, 2.75) is 12.0 Å². The van der Waals surface area contributed by atoms with Gasteiger partial charge in [-0.3, -0.25) is 0 Å². The van der Waals surface area contributed by atoms with Gasteiger partial charge in [0.25, 0.3) is 0 Å². The molecule has 2 rings (SSSR count). The average Bonchev–Trinajstić information content (AvgIpc) is 2.49. The molecule has 0 aliphatic heterocycles.